The van der Waals surface area contributed by atoms with E-state index in [1.54, 1.807) is 0 Å². The lowest BCUT2D eigenvalue weighted by Gasteiger charge is -2.19. The van der Waals surface area contributed by atoms with E-state index in [9.17, 15) is 0 Å². The monoisotopic (exact) mass is 269 g/mol. The first-order valence-corrected chi connectivity index (χ1v) is 5.71. The summed E-state index contributed by atoms with van der Waals surface area (Å²) < 4.78 is 0.777. The van der Waals surface area contributed by atoms with Crippen LogP contribution in [0.4, 0.5) is 0 Å². The second kappa shape index (κ2) is 6.23. The summed E-state index contributed by atoms with van der Waals surface area (Å²) in [7, 11) is 0. The van der Waals surface area contributed by atoms with Crippen LogP contribution < -0.4 is 5.32 Å². The Labute approximate surface area is 84.5 Å². The first-order valence-electron chi connectivity index (χ1n) is 4.46. The Balaban J connectivity index is 3.43. The summed E-state index contributed by atoms with van der Waals surface area (Å²) in [5.74, 6) is 0. The summed E-state index contributed by atoms with van der Waals surface area (Å²) in [6.45, 7) is 8.99. The molecule has 0 saturated heterocycles. The molecule has 0 aromatic rings. The molecule has 0 radical (unpaired) electrons. The van der Waals surface area contributed by atoms with Crippen molar-refractivity contribution in [1.82, 2.24) is 5.32 Å². The first-order chi connectivity index (χ1) is 5.06. The van der Waals surface area contributed by atoms with E-state index in [4.69, 9.17) is 0 Å². The van der Waals surface area contributed by atoms with Crippen LogP contribution in [-0.2, 0) is 0 Å². The van der Waals surface area contributed by atoms with Gasteiger partial charge in [-0.25, -0.2) is 0 Å². The van der Waals surface area contributed by atoms with E-state index in [0.717, 1.165) is 3.92 Å². The molecular formula is C9H20IN. The van der Waals surface area contributed by atoms with E-state index in [0.29, 0.717) is 12.1 Å². The molecule has 2 heteroatoms. The molecule has 3 unspecified atom stereocenters. The van der Waals surface area contributed by atoms with Crippen molar-refractivity contribution in [2.45, 2.75) is 56.5 Å². The van der Waals surface area contributed by atoms with E-state index in [2.05, 4.69) is 55.6 Å². The molecule has 1 N–H and O–H groups in total. The van der Waals surface area contributed by atoms with Gasteiger partial charge in [0.05, 0.1) is 0 Å². The smallest absolute Gasteiger partial charge is 0.00960 e. The predicted octanol–water partition coefficient (Wildman–Crippen LogP) is 2.98. The van der Waals surface area contributed by atoms with E-state index in [-0.39, 0.29) is 0 Å². The Kier molecular flexibility index (Phi) is 6.62. The average Bonchev–Trinajstić information content (AvgIpc) is 1.85. The zero-order valence-electron chi connectivity index (χ0n) is 8.02. The maximum absolute atomic E-state index is 3.56. The minimum Gasteiger partial charge on any atom is -0.312 e. The van der Waals surface area contributed by atoms with E-state index in [1.807, 2.05) is 0 Å². The first kappa shape index (κ1) is 11.7. The quantitative estimate of drug-likeness (QED) is 0.597. The van der Waals surface area contributed by atoms with Gasteiger partial charge in [-0.3, -0.25) is 0 Å². The van der Waals surface area contributed by atoms with Crippen LogP contribution in [-0.4, -0.2) is 16.0 Å². The van der Waals surface area contributed by atoms with Gasteiger partial charge in [0.25, 0.3) is 0 Å². The van der Waals surface area contributed by atoms with Crippen LogP contribution in [0.15, 0.2) is 0 Å². The minimum atomic E-state index is 0.664. The molecule has 0 rings (SSSR count). The van der Waals surface area contributed by atoms with Gasteiger partial charge in [-0.1, -0.05) is 36.4 Å². The standard InChI is InChI=1S/C9H20IN/c1-5-8(3)11-9(4)6-7(2)10/h7-9,11H,5-6H2,1-4H3. The molecule has 0 fully saturated rings. The van der Waals surface area contributed by atoms with Gasteiger partial charge in [0, 0.05) is 16.0 Å². The van der Waals surface area contributed by atoms with Gasteiger partial charge < -0.3 is 5.32 Å². The summed E-state index contributed by atoms with van der Waals surface area (Å²) >= 11 is 2.48. The van der Waals surface area contributed by atoms with Crippen molar-refractivity contribution in [2.24, 2.45) is 0 Å². The highest BCUT2D eigenvalue weighted by molar-refractivity contribution is 14.1. The predicted molar refractivity (Wildman–Crippen MR) is 60.4 cm³/mol. The molecule has 0 aliphatic carbocycles. The Morgan fingerprint density at radius 2 is 1.73 bits per heavy atom. The second-order valence-corrected chi connectivity index (χ2v) is 5.52. The summed E-state index contributed by atoms with van der Waals surface area (Å²) in [6.07, 6.45) is 2.49. The van der Waals surface area contributed by atoms with E-state index < -0.39 is 0 Å². The van der Waals surface area contributed by atoms with Crippen LogP contribution in [0.2, 0.25) is 0 Å². The zero-order valence-corrected chi connectivity index (χ0v) is 10.2. The maximum Gasteiger partial charge on any atom is 0.00960 e. The highest BCUT2D eigenvalue weighted by atomic mass is 127. The normalized spacial score (nSPS) is 19.4. The Morgan fingerprint density at radius 3 is 2.09 bits per heavy atom. The van der Waals surface area contributed by atoms with Crippen LogP contribution in [0, 0.1) is 0 Å². The molecule has 0 aromatic carbocycles. The lowest BCUT2D eigenvalue weighted by Crippen LogP contribution is -2.35. The molecule has 0 aliphatic heterocycles. The third-order valence-electron chi connectivity index (χ3n) is 1.86. The van der Waals surface area contributed by atoms with Crippen LogP contribution in [0.3, 0.4) is 0 Å². The summed E-state index contributed by atoms with van der Waals surface area (Å²) in [5.41, 5.74) is 0. The van der Waals surface area contributed by atoms with Crippen molar-refractivity contribution in [3.63, 3.8) is 0 Å². The summed E-state index contributed by atoms with van der Waals surface area (Å²) in [4.78, 5) is 0. The lowest BCUT2D eigenvalue weighted by molar-refractivity contribution is 0.441. The maximum atomic E-state index is 3.56. The van der Waals surface area contributed by atoms with Crippen molar-refractivity contribution in [1.29, 1.82) is 0 Å². The highest BCUT2D eigenvalue weighted by Crippen LogP contribution is 2.08. The largest absolute Gasteiger partial charge is 0.312 e. The fourth-order valence-corrected chi connectivity index (χ4v) is 1.92. The van der Waals surface area contributed by atoms with Crippen LogP contribution in [0.25, 0.3) is 0 Å². The van der Waals surface area contributed by atoms with Crippen LogP contribution >= 0.6 is 22.6 Å². The van der Waals surface area contributed by atoms with Crippen molar-refractivity contribution in [3.8, 4) is 0 Å². The molecule has 68 valence electrons. The van der Waals surface area contributed by atoms with Gasteiger partial charge in [0.15, 0.2) is 0 Å². The molecule has 0 heterocycles. The van der Waals surface area contributed by atoms with Gasteiger partial charge in [-0.05, 0) is 26.7 Å². The second-order valence-electron chi connectivity index (χ2n) is 3.39. The van der Waals surface area contributed by atoms with E-state index in [1.165, 1.54) is 12.8 Å². The van der Waals surface area contributed by atoms with Gasteiger partial charge in [-0.2, -0.15) is 0 Å². The molecule has 0 amide bonds. The fourth-order valence-electron chi connectivity index (χ4n) is 1.16. The Hall–Kier alpha value is 0.690. The minimum absolute atomic E-state index is 0.664. The summed E-state index contributed by atoms with van der Waals surface area (Å²) in [6, 6.07) is 1.33. The molecule has 1 nitrogen and oxygen atoms in total. The topological polar surface area (TPSA) is 12.0 Å². The average molecular weight is 269 g/mol. The van der Waals surface area contributed by atoms with Crippen molar-refractivity contribution in [2.75, 3.05) is 0 Å². The third-order valence-corrected chi connectivity index (χ3v) is 2.37. The van der Waals surface area contributed by atoms with Gasteiger partial charge >= 0.3 is 0 Å². The number of nitrogens with one attached hydrogen (secondary N) is 1. The number of halogens is 1. The molecule has 0 spiro atoms. The van der Waals surface area contributed by atoms with E-state index >= 15 is 0 Å². The Bertz CT molecular complexity index is 93.6. The number of alkyl halides is 1. The number of rotatable bonds is 5. The van der Waals surface area contributed by atoms with Gasteiger partial charge in [0.2, 0.25) is 0 Å². The zero-order chi connectivity index (χ0) is 8.85. The number of hydrogen-bond acceptors (Lipinski definition) is 1. The molecule has 0 aromatic heterocycles. The van der Waals surface area contributed by atoms with Gasteiger partial charge in [-0.15, -0.1) is 0 Å². The molecule has 11 heavy (non-hydrogen) atoms. The van der Waals surface area contributed by atoms with Crippen molar-refractivity contribution < 1.29 is 0 Å². The molecular weight excluding hydrogens is 249 g/mol. The van der Waals surface area contributed by atoms with Gasteiger partial charge in [0.1, 0.15) is 0 Å². The van der Waals surface area contributed by atoms with Crippen LogP contribution in [0.1, 0.15) is 40.5 Å². The van der Waals surface area contributed by atoms with Crippen LogP contribution in [0.5, 0.6) is 0 Å². The van der Waals surface area contributed by atoms with Crippen molar-refractivity contribution >= 4 is 22.6 Å². The Morgan fingerprint density at radius 1 is 1.18 bits per heavy atom. The van der Waals surface area contributed by atoms with Crippen molar-refractivity contribution in [3.05, 3.63) is 0 Å². The lowest BCUT2D eigenvalue weighted by atomic mass is 10.1. The fraction of sp³-hybridized carbons (Fsp3) is 1.00. The molecule has 0 bridgehead atoms. The molecule has 0 aliphatic rings. The number of hydrogen-bond donors (Lipinski definition) is 1. The SMILES string of the molecule is CCC(C)NC(C)CC(C)I. The highest BCUT2D eigenvalue weighted by Gasteiger charge is 2.07. The third kappa shape index (κ3) is 7.06. The molecule has 3 atom stereocenters. The summed E-state index contributed by atoms with van der Waals surface area (Å²) in [5, 5.41) is 3.56. The molecule has 0 saturated carbocycles.